The van der Waals surface area contributed by atoms with Crippen molar-refractivity contribution in [3.63, 3.8) is 0 Å². The Labute approximate surface area is 163 Å². The second-order valence-corrected chi connectivity index (χ2v) is 8.62. The predicted octanol–water partition coefficient (Wildman–Crippen LogP) is 4.01. The molecule has 1 N–H and O–H groups in total. The first-order chi connectivity index (χ1) is 12.9. The fraction of sp³-hybridized carbons (Fsp3) is 0.176. The van der Waals surface area contributed by atoms with Crippen LogP contribution in [0.5, 0.6) is 0 Å². The topological polar surface area (TPSA) is 83.6 Å². The van der Waals surface area contributed by atoms with Crippen LogP contribution >= 0.6 is 11.8 Å². The molecule has 0 saturated heterocycles. The van der Waals surface area contributed by atoms with Crippen molar-refractivity contribution in [2.24, 2.45) is 0 Å². The van der Waals surface area contributed by atoms with Crippen molar-refractivity contribution in [1.29, 1.82) is 0 Å². The van der Waals surface area contributed by atoms with Gasteiger partial charge in [0, 0.05) is 24.6 Å². The van der Waals surface area contributed by atoms with Crippen LogP contribution in [0.2, 0.25) is 0 Å². The van der Waals surface area contributed by atoms with Crippen LogP contribution in [-0.2, 0) is 9.84 Å². The zero-order valence-electron chi connectivity index (χ0n) is 14.6. The Kier molecular flexibility index (Phi) is 6.40. The summed E-state index contributed by atoms with van der Waals surface area (Å²) < 4.78 is 60.4. The highest BCUT2D eigenvalue weighted by Gasteiger charge is 2.46. The fourth-order valence-corrected chi connectivity index (χ4v) is 3.47. The molecule has 2 aromatic carbocycles. The number of alkyl halides is 3. The molecule has 0 aromatic heterocycles. The Morgan fingerprint density at radius 1 is 1.00 bits per heavy atom. The molecular formula is C17H15F3N2O4S2. The number of halogens is 3. The summed E-state index contributed by atoms with van der Waals surface area (Å²) in [5.41, 5.74) is -5.13. The average Bonchev–Trinajstić information content (AvgIpc) is 2.62. The number of thioether (sulfide) groups is 1. The third-order valence-electron chi connectivity index (χ3n) is 3.43. The molecule has 0 aliphatic heterocycles. The normalized spacial score (nSPS) is 11.8. The van der Waals surface area contributed by atoms with Crippen LogP contribution in [0.3, 0.4) is 0 Å². The molecular weight excluding hydrogens is 417 g/mol. The van der Waals surface area contributed by atoms with E-state index in [9.17, 15) is 31.2 Å². The second-order valence-electron chi connectivity index (χ2n) is 5.69. The smallest absolute Gasteiger partial charge is 0.339 e. The van der Waals surface area contributed by atoms with Gasteiger partial charge in [-0.2, -0.15) is 13.2 Å². The van der Waals surface area contributed by atoms with E-state index >= 15 is 0 Å². The third-order valence-corrected chi connectivity index (χ3v) is 6.05. The van der Waals surface area contributed by atoms with Gasteiger partial charge in [-0.05, 0) is 48.2 Å². The van der Waals surface area contributed by atoms with Crippen LogP contribution in [-0.4, -0.2) is 44.1 Å². The maximum atomic E-state index is 12.6. The van der Waals surface area contributed by atoms with E-state index in [1.165, 1.54) is 4.90 Å². The Morgan fingerprint density at radius 3 is 2.11 bits per heavy atom. The molecule has 0 aliphatic carbocycles. The van der Waals surface area contributed by atoms with Gasteiger partial charge in [-0.15, -0.1) is 0 Å². The number of carbonyl (C=O) groups is 2. The molecule has 0 radical (unpaired) electrons. The molecule has 28 heavy (non-hydrogen) atoms. The van der Waals surface area contributed by atoms with Gasteiger partial charge in [0.2, 0.25) is 0 Å². The summed E-state index contributed by atoms with van der Waals surface area (Å²) >= 11 is 0.892. The van der Waals surface area contributed by atoms with Gasteiger partial charge in [-0.25, -0.2) is 8.42 Å². The van der Waals surface area contributed by atoms with Gasteiger partial charge in [0.1, 0.15) is 0 Å². The second kappa shape index (κ2) is 8.23. The molecule has 0 fully saturated rings. The molecule has 0 atom stereocenters. The number of carbonyl (C=O) groups excluding carboxylic acids is 2. The van der Waals surface area contributed by atoms with Gasteiger partial charge in [0.15, 0.2) is 0 Å². The molecule has 0 bridgehead atoms. The molecule has 11 heteroatoms. The molecule has 2 rings (SSSR count). The standard InChI is InChI=1S/C17H15F3N2O4S2/c1-22(2)16(24)27-14-6-4-3-5-13(14)21-15(23)11-7-9-12(10-8-11)28(25,26)17(18,19)20/h3-10H,1-2H3,(H,21,23). The minimum atomic E-state index is -5.48. The van der Waals surface area contributed by atoms with Crippen LogP contribution in [0.1, 0.15) is 10.4 Å². The maximum absolute atomic E-state index is 12.6. The highest BCUT2D eigenvalue weighted by Crippen LogP contribution is 2.31. The van der Waals surface area contributed by atoms with E-state index in [2.05, 4.69) is 5.32 Å². The lowest BCUT2D eigenvalue weighted by Crippen LogP contribution is -2.23. The number of hydrogen-bond acceptors (Lipinski definition) is 5. The van der Waals surface area contributed by atoms with Crippen molar-refractivity contribution in [3.8, 4) is 0 Å². The highest BCUT2D eigenvalue weighted by atomic mass is 32.2. The predicted molar refractivity (Wildman–Crippen MR) is 99.0 cm³/mol. The zero-order valence-corrected chi connectivity index (χ0v) is 16.3. The molecule has 0 unspecified atom stereocenters. The minimum Gasteiger partial charge on any atom is -0.339 e. The number of hydrogen-bond donors (Lipinski definition) is 1. The molecule has 0 spiro atoms. The summed E-state index contributed by atoms with van der Waals surface area (Å²) in [5, 5.41) is 2.30. The lowest BCUT2D eigenvalue weighted by Gasteiger charge is -2.13. The summed E-state index contributed by atoms with van der Waals surface area (Å²) in [5.74, 6) is -0.665. The SMILES string of the molecule is CN(C)C(=O)Sc1ccccc1NC(=O)c1ccc(S(=O)(=O)C(F)(F)F)cc1. The van der Waals surface area contributed by atoms with Crippen LogP contribution in [0.25, 0.3) is 0 Å². The minimum absolute atomic E-state index is 0.0418. The number of sulfone groups is 1. The van der Waals surface area contributed by atoms with Crippen molar-refractivity contribution in [3.05, 3.63) is 54.1 Å². The van der Waals surface area contributed by atoms with Gasteiger partial charge in [0.05, 0.1) is 10.6 Å². The van der Waals surface area contributed by atoms with E-state index in [0.717, 1.165) is 23.9 Å². The van der Waals surface area contributed by atoms with Crippen molar-refractivity contribution >= 4 is 38.4 Å². The first-order valence-electron chi connectivity index (χ1n) is 7.64. The van der Waals surface area contributed by atoms with Gasteiger partial charge in [0.25, 0.3) is 21.0 Å². The van der Waals surface area contributed by atoms with Crippen molar-refractivity contribution in [1.82, 2.24) is 4.90 Å². The number of amides is 2. The summed E-state index contributed by atoms with van der Waals surface area (Å²) in [4.78, 5) is 25.1. The molecule has 2 aromatic rings. The molecule has 150 valence electrons. The summed E-state index contributed by atoms with van der Waals surface area (Å²) in [6.45, 7) is 0. The summed E-state index contributed by atoms with van der Waals surface area (Å²) in [7, 11) is -2.33. The first-order valence-corrected chi connectivity index (χ1v) is 9.94. The number of nitrogens with one attached hydrogen (secondary N) is 1. The lowest BCUT2D eigenvalue weighted by atomic mass is 10.2. The Bertz CT molecular complexity index is 988. The summed E-state index contributed by atoms with van der Waals surface area (Å²) in [6, 6.07) is 9.90. The van der Waals surface area contributed by atoms with Gasteiger partial charge < -0.3 is 10.2 Å². The van der Waals surface area contributed by atoms with E-state index in [-0.39, 0.29) is 10.8 Å². The van der Waals surface area contributed by atoms with E-state index in [4.69, 9.17) is 0 Å². The first kappa shape index (κ1) is 21.8. The van der Waals surface area contributed by atoms with Gasteiger partial charge in [-0.1, -0.05) is 12.1 Å². The highest BCUT2D eigenvalue weighted by molar-refractivity contribution is 8.13. The molecule has 0 aliphatic rings. The third kappa shape index (κ3) is 4.84. The number of anilines is 1. The number of benzene rings is 2. The Morgan fingerprint density at radius 2 is 1.57 bits per heavy atom. The largest absolute Gasteiger partial charge is 0.501 e. The Hall–Kier alpha value is -2.53. The van der Waals surface area contributed by atoms with Crippen LogP contribution in [0, 0.1) is 0 Å². The van der Waals surface area contributed by atoms with E-state index < -0.39 is 26.1 Å². The molecule has 6 nitrogen and oxygen atoms in total. The van der Waals surface area contributed by atoms with Crippen molar-refractivity contribution in [2.75, 3.05) is 19.4 Å². The average molecular weight is 432 g/mol. The fourth-order valence-electron chi connectivity index (χ4n) is 1.96. The van der Waals surface area contributed by atoms with E-state index in [1.807, 2.05) is 0 Å². The number of para-hydroxylation sites is 1. The van der Waals surface area contributed by atoms with E-state index in [0.29, 0.717) is 22.7 Å². The molecule has 0 heterocycles. The van der Waals surface area contributed by atoms with Crippen molar-refractivity contribution < 1.29 is 31.2 Å². The monoisotopic (exact) mass is 432 g/mol. The number of nitrogens with zero attached hydrogens (tertiary/aromatic N) is 1. The number of rotatable bonds is 4. The Balaban J connectivity index is 2.22. The summed E-state index contributed by atoms with van der Waals surface area (Å²) in [6.07, 6.45) is 0. The van der Waals surface area contributed by atoms with E-state index in [1.54, 1.807) is 38.4 Å². The molecule has 2 amide bonds. The lowest BCUT2D eigenvalue weighted by molar-refractivity contribution is -0.0436. The van der Waals surface area contributed by atoms with Crippen LogP contribution in [0.15, 0.2) is 58.3 Å². The van der Waals surface area contributed by atoms with Gasteiger partial charge in [-0.3, -0.25) is 9.59 Å². The van der Waals surface area contributed by atoms with Crippen LogP contribution < -0.4 is 5.32 Å². The maximum Gasteiger partial charge on any atom is 0.501 e. The zero-order chi connectivity index (χ0) is 21.1. The van der Waals surface area contributed by atoms with Crippen molar-refractivity contribution in [2.45, 2.75) is 15.3 Å². The van der Waals surface area contributed by atoms with Gasteiger partial charge >= 0.3 is 5.51 Å². The molecule has 0 saturated carbocycles. The quantitative estimate of drug-likeness (QED) is 0.739. The van der Waals surface area contributed by atoms with Crippen LogP contribution in [0.4, 0.5) is 23.7 Å².